The van der Waals surface area contributed by atoms with Crippen LogP contribution in [0.4, 0.5) is 4.39 Å². The summed E-state index contributed by atoms with van der Waals surface area (Å²) in [6.45, 7) is 1.36. The van der Waals surface area contributed by atoms with Gasteiger partial charge in [-0.3, -0.25) is 9.59 Å². The summed E-state index contributed by atoms with van der Waals surface area (Å²) >= 11 is 0. The number of morpholine rings is 1. The second kappa shape index (κ2) is 7.30. The van der Waals surface area contributed by atoms with E-state index in [-0.39, 0.29) is 24.2 Å². The van der Waals surface area contributed by atoms with Gasteiger partial charge in [-0.2, -0.15) is 0 Å². The summed E-state index contributed by atoms with van der Waals surface area (Å²) in [7, 11) is 1.67. The van der Waals surface area contributed by atoms with Crippen molar-refractivity contribution in [1.29, 1.82) is 0 Å². The average molecular weight is 334 g/mol. The van der Waals surface area contributed by atoms with E-state index in [1.807, 2.05) is 4.90 Å². The van der Waals surface area contributed by atoms with Crippen molar-refractivity contribution < 1.29 is 18.7 Å². The van der Waals surface area contributed by atoms with Crippen molar-refractivity contribution in [3.8, 4) is 0 Å². The summed E-state index contributed by atoms with van der Waals surface area (Å²) in [5.41, 5.74) is 0.708. The van der Waals surface area contributed by atoms with Crippen LogP contribution in [-0.4, -0.2) is 54.5 Å². The fraction of sp³-hybridized carbons (Fsp3) is 0.556. The van der Waals surface area contributed by atoms with E-state index in [0.717, 1.165) is 38.8 Å². The highest BCUT2D eigenvalue weighted by molar-refractivity contribution is 5.86. The van der Waals surface area contributed by atoms with Crippen molar-refractivity contribution >= 4 is 11.8 Å². The topological polar surface area (TPSA) is 49.9 Å². The van der Waals surface area contributed by atoms with E-state index in [1.54, 1.807) is 19.2 Å². The molecule has 1 aromatic carbocycles. The first kappa shape index (κ1) is 16.9. The van der Waals surface area contributed by atoms with Gasteiger partial charge in [-0.25, -0.2) is 4.39 Å². The highest BCUT2D eigenvalue weighted by Gasteiger charge is 2.41. The Balaban J connectivity index is 1.86. The number of benzene rings is 1. The third kappa shape index (κ3) is 3.43. The molecule has 24 heavy (non-hydrogen) atoms. The summed E-state index contributed by atoms with van der Waals surface area (Å²) in [6.07, 6.45) is 3.52. The van der Waals surface area contributed by atoms with Gasteiger partial charge in [0.2, 0.25) is 5.91 Å². The third-order valence-electron chi connectivity index (χ3n) is 4.86. The number of rotatable bonds is 2. The lowest BCUT2D eigenvalue weighted by Gasteiger charge is -2.40. The lowest BCUT2D eigenvalue weighted by Crippen LogP contribution is -2.54. The number of carbonyl (C=O) groups is 2. The second-order valence-electron chi connectivity index (χ2n) is 6.47. The lowest BCUT2D eigenvalue weighted by molar-refractivity contribution is -0.167. The van der Waals surface area contributed by atoms with E-state index in [1.165, 1.54) is 17.0 Å². The van der Waals surface area contributed by atoms with Gasteiger partial charge in [-0.15, -0.1) is 0 Å². The molecule has 1 aromatic rings. The average Bonchev–Trinajstić information content (AvgIpc) is 2.87. The van der Waals surface area contributed by atoms with Gasteiger partial charge in [-0.05, 0) is 30.5 Å². The number of carbonyl (C=O) groups excluding carboxylic acids is 2. The summed E-state index contributed by atoms with van der Waals surface area (Å²) < 4.78 is 18.9. The second-order valence-corrected chi connectivity index (χ2v) is 6.47. The van der Waals surface area contributed by atoms with Crippen LogP contribution in [0.25, 0.3) is 0 Å². The lowest BCUT2D eigenvalue weighted by atomic mass is 9.97. The molecule has 2 heterocycles. The summed E-state index contributed by atoms with van der Waals surface area (Å²) in [5.74, 6) is -0.602. The first-order valence-electron chi connectivity index (χ1n) is 8.49. The zero-order chi connectivity index (χ0) is 17.1. The number of amides is 2. The summed E-state index contributed by atoms with van der Waals surface area (Å²) in [4.78, 5) is 28.4. The Morgan fingerprint density at radius 3 is 2.38 bits per heavy atom. The van der Waals surface area contributed by atoms with E-state index in [2.05, 4.69) is 0 Å². The van der Waals surface area contributed by atoms with Gasteiger partial charge >= 0.3 is 0 Å². The van der Waals surface area contributed by atoms with Crippen molar-refractivity contribution in [3.63, 3.8) is 0 Å². The number of hydrogen-bond donors (Lipinski definition) is 0. The molecule has 6 heteroatoms. The van der Waals surface area contributed by atoms with E-state index in [4.69, 9.17) is 4.74 Å². The molecule has 2 aliphatic heterocycles. The van der Waals surface area contributed by atoms with Gasteiger partial charge in [0, 0.05) is 20.1 Å². The Morgan fingerprint density at radius 1 is 1.12 bits per heavy atom. The van der Waals surface area contributed by atoms with Gasteiger partial charge in [-0.1, -0.05) is 25.0 Å². The molecule has 0 spiro atoms. The standard InChI is InChI=1S/C18H23FN2O3/c1-20-15(22)12-24-17(16(20)13-6-8-14(19)9-7-13)18(23)21-10-4-2-3-5-11-21/h6-9,16-17H,2-5,10-12H2,1H3/t16-,17+/m1/s1. The number of hydrogen-bond acceptors (Lipinski definition) is 3. The van der Waals surface area contributed by atoms with E-state index in [9.17, 15) is 14.0 Å². The fourth-order valence-electron chi connectivity index (χ4n) is 3.45. The molecule has 0 unspecified atom stereocenters. The summed E-state index contributed by atoms with van der Waals surface area (Å²) in [6, 6.07) is 5.39. The largest absolute Gasteiger partial charge is 0.356 e. The maximum absolute atomic E-state index is 13.2. The highest BCUT2D eigenvalue weighted by Crippen LogP contribution is 2.30. The Hall–Kier alpha value is -1.95. The van der Waals surface area contributed by atoms with E-state index in [0.29, 0.717) is 5.56 Å². The molecule has 2 fully saturated rings. The molecule has 0 aromatic heterocycles. The summed E-state index contributed by atoms with van der Waals surface area (Å²) in [5, 5.41) is 0. The highest BCUT2D eigenvalue weighted by atomic mass is 19.1. The van der Waals surface area contributed by atoms with Crippen molar-refractivity contribution in [1.82, 2.24) is 9.80 Å². The quantitative estimate of drug-likeness (QED) is 0.832. The van der Waals surface area contributed by atoms with Gasteiger partial charge in [0.25, 0.3) is 5.91 Å². The van der Waals surface area contributed by atoms with E-state index >= 15 is 0 Å². The molecular formula is C18H23FN2O3. The fourth-order valence-corrected chi connectivity index (χ4v) is 3.45. The molecular weight excluding hydrogens is 311 g/mol. The Bertz CT molecular complexity index is 597. The van der Waals surface area contributed by atoms with Crippen LogP contribution in [0.2, 0.25) is 0 Å². The molecule has 0 bridgehead atoms. The predicted octanol–water partition coefficient (Wildman–Crippen LogP) is 2.13. The van der Waals surface area contributed by atoms with Crippen LogP contribution in [0.1, 0.15) is 37.3 Å². The normalized spacial score (nSPS) is 25.5. The molecule has 0 radical (unpaired) electrons. The molecule has 2 amide bonds. The van der Waals surface area contributed by atoms with Crippen molar-refractivity contribution in [2.24, 2.45) is 0 Å². The van der Waals surface area contributed by atoms with Crippen molar-refractivity contribution in [2.75, 3.05) is 26.7 Å². The van der Waals surface area contributed by atoms with Gasteiger partial charge in [0.05, 0.1) is 6.04 Å². The zero-order valence-electron chi connectivity index (χ0n) is 13.9. The minimum Gasteiger partial charge on any atom is -0.356 e. The Morgan fingerprint density at radius 2 is 1.75 bits per heavy atom. The van der Waals surface area contributed by atoms with Crippen LogP contribution in [0.3, 0.4) is 0 Å². The molecule has 2 atom stereocenters. The van der Waals surface area contributed by atoms with Crippen molar-refractivity contribution in [2.45, 2.75) is 37.8 Å². The molecule has 0 saturated carbocycles. The molecule has 2 aliphatic rings. The SMILES string of the molecule is CN1C(=O)CO[C@H](C(=O)N2CCCCCC2)[C@H]1c1ccc(F)cc1. The zero-order valence-corrected chi connectivity index (χ0v) is 13.9. The molecule has 130 valence electrons. The minimum atomic E-state index is -0.740. The molecule has 3 rings (SSSR count). The van der Waals surface area contributed by atoms with Crippen LogP contribution in [0, 0.1) is 5.82 Å². The molecule has 0 aliphatic carbocycles. The van der Waals surface area contributed by atoms with Crippen LogP contribution in [0.15, 0.2) is 24.3 Å². The third-order valence-corrected chi connectivity index (χ3v) is 4.86. The molecule has 0 N–H and O–H groups in total. The maximum atomic E-state index is 13.2. The van der Waals surface area contributed by atoms with Crippen LogP contribution in [-0.2, 0) is 14.3 Å². The number of halogens is 1. The van der Waals surface area contributed by atoms with Gasteiger partial charge in [0.15, 0.2) is 6.10 Å². The smallest absolute Gasteiger partial charge is 0.254 e. The van der Waals surface area contributed by atoms with Crippen LogP contribution in [0.5, 0.6) is 0 Å². The number of ether oxygens (including phenoxy) is 1. The number of nitrogens with zero attached hydrogens (tertiary/aromatic N) is 2. The van der Waals surface area contributed by atoms with E-state index < -0.39 is 12.1 Å². The predicted molar refractivity (Wildman–Crippen MR) is 86.7 cm³/mol. The van der Waals surface area contributed by atoms with Gasteiger partial charge < -0.3 is 14.5 Å². The van der Waals surface area contributed by atoms with Crippen LogP contribution < -0.4 is 0 Å². The van der Waals surface area contributed by atoms with Crippen LogP contribution >= 0.6 is 0 Å². The maximum Gasteiger partial charge on any atom is 0.254 e. The van der Waals surface area contributed by atoms with Gasteiger partial charge in [0.1, 0.15) is 12.4 Å². The minimum absolute atomic E-state index is 0.0782. The first-order chi connectivity index (χ1) is 11.6. The monoisotopic (exact) mass is 334 g/mol. The molecule has 2 saturated heterocycles. The Kier molecular flexibility index (Phi) is 5.14. The van der Waals surface area contributed by atoms with Crippen molar-refractivity contribution in [3.05, 3.63) is 35.6 Å². The number of likely N-dealkylation sites (tertiary alicyclic amines) is 1. The first-order valence-corrected chi connectivity index (χ1v) is 8.49. The Labute approximate surface area is 141 Å². The number of likely N-dealkylation sites (N-methyl/N-ethyl adjacent to an activating group) is 1. The molecule has 5 nitrogen and oxygen atoms in total.